The van der Waals surface area contributed by atoms with E-state index in [9.17, 15) is 4.79 Å². The number of thioether (sulfide) groups is 1. The lowest BCUT2D eigenvalue weighted by atomic mass is 10.1. The monoisotopic (exact) mass is 214 g/mol. The molecular formula is C11H18O2S. The summed E-state index contributed by atoms with van der Waals surface area (Å²) < 4.78 is 5.03. The summed E-state index contributed by atoms with van der Waals surface area (Å²) >= 11 is 1.68. The highest BCUT2D eigenvalue weighted by atomic mass is 32.2. The lowest BCUT2D eigenvalue weighted by molar-refractivity contribution is -0.109. The average molecular weight is 214 g/mol. The second-order valence-corrected chi connectivity index (χ2v) is 5.09. The van der Waals surface area contributed by atoms with Gasteiger partial charge in [-0.05, 0) is 25.7 Å². The summed E-state index contributed by atoms with van der Waals surface area (Å²) in [4.78, 5) is 12.3. The predicted molar refractivity (Wildman–Crippen MR) is 60.2 cm³/mol. The van der Waals surface area contributed by atoms with E-state index in [0.717, 1.165) is 38.6 Å². The molecule has 0 bridgehead atoms. The molecule has 0 N–H and O–H groups in total. The second kappa shape index (κ2) is 5.44. The van der Waals surface area contributed by atoms with Crippen molar-refractivity contribution in [2.24, 2.45) is 0 Å². The van der Waals surface area contributed by atoms with E-state index in [1.165, 1.54) is 4.91 Å². The first-order valence-corrected chi connectivity index (χ1v) is 6.04. The van der Waals surface area contributed by atoms with Crippen molar-refractivity contribution in [2.45, 2.75) is 44.3 Å². The Balaban J connectivity index is 2.62. The molecule has 0 amide bonds. The Morgan fingerprint density at radius 3 is 2.71 bits per heavy atom. The Hall–Kier alpha value is -0.440. The van der Waals surface area contributed by atoms with Gasteiger partial charge in [-0.1, -0.05) is 13.8 Å². The summed E-state index contributed by atoms with van der Waals surface area (Å²) in [6.07, 6.45) is 6.80. The molecule has 1 aliphatic heterocycles. The van der Waals surface area contributed by atoms with Crippen molar-refractivity contribution >= 4 is 18.0 Å². The third-order valence-corrected chi connectivity index (χ3v) is 4.29. The molecule has 0 aromatic heterocycles. The summed E-state index contributed by atoms with van der Waals surface area (Å²) in [5.74, 6) is 0. The first kappa shape index (κ1) is 11.6. The summed E-state index contributed by atoms with van der Waals surface area (Å²) in [6, 6.07) is 0. The van der Waals surface area contributed by atoms with E-state index in [1.54, 1.807) is 11.8 Å². The zero-order chi connectivity index (χ0) is 10.4. The van der Waals surface area contributed by atoms with Crippen LogP contribution < -0.4 is 0 Å². The van der Waals surface area contributed by atoms with Gasteiger partial charge in [-0.15, -0.1) is 11.8 Å². The number of rotatable bonds is 5. The molecule has 1 heterocycles. The standard InChI is InChI=1S/C11H18O2S/c1-3-11(4-2,9-12)14-10-6-5-7-13-8-10/h8-9H,3-7H2,1-2H3. The molecule has 0 aromatic carbocycles. The van der Waals surface area contributed by atoms with Crippen LogP contribution in [0.15, 0.2) is 11.2 Å². The molecule has 0 radical (unpaired) electrons. The first-order chi connectivity index (χ1) is 6.76. The minimum atomic E-state index is -0.230. The molecule has 0 fully saturated rings. The van der Waals surface area contributed by atoms with Gasteiger partial charge in [0.25, 0.3) is 0 Å². The van der Waals surface area contributed by atoms with Gasteiger partial charge < -0.3 is 9.53 Å². The molecule has 0 aromatic rings. The van der Waals surface area contributed by atoms with Gasteiger partial charge in [-0.2, -0.15) is 0 Å². The van der Waals surface area contributed by atoms with Gasteiger partial charge in [-0.3, -0.25) is 0 Å². The highest BCUT2D eigenvalue weighted by Gasteiger charge is 2.28. The van der Waals surface area contributed by atoms with E-state index in [4.69, 9.17) is 4.74 Å². The van der Waals surface area contributed by atoms with Crippen molar-refractivity contribution in [2.75, 3.05) is 6.61 Å². The second-order valence-electron chi connectivity index (χ2n) is 3.55. The molecule has 0 saturated carbocycles. The van der Waals surface area contributed by atoms with E-state index < -0.39 is 0 Å². The smallest absolute Gasteiger partial charge is 0.136 e. The van der Waals surface area contributed by atoms with Crippen LogP contribution in [0.5, 0.6) is 0 Å². The molecule has 2 nitrogen and oxygen atoms in total. The third kappa shape index (κ3) is 2.77. The van der Waals surface area contributed by atoms with Gasteiger partial charge in [0.2, 0.25) is 0 Å². The Morgan fingerprint density at radius 1 is 1.57 bits per heavy atom. The van der Waals surface area contributed by atoms with Crippen molar-refractivity contribution in [3.63, 3.8) is 0 Å². The van der Waals surface area contributed by atoms with Crippen LogP contribution in [0.1, 0.15) is 39.5 Å². The molecule has 1 aliphatic rings. The van der Waals surface area contributed by atoms with E-state index in [2.05, 4.69) is 13.8 Å². The molecule has 0 saturated heterocycles. The van der Waals surface area contributed by atoms with Crippen LogP contribution in [0.25, 0.3) is 0 Å². The number of ether oxygens (including phenoxy) is 1. The molecule has 0 atom stereocenters. The maximum atomic E-state index is 11.1. The van der Waals surface area contributed by atoms with Crippen LogP contribution in [0.3, 0.4) is 0 Å². The molecular weight excluding hydrogens is 196 g/mol. The van der Waals surface area contributed by atoms with Gasteiger partial charge in [0.15, 0.2) is 0 Å². The zero-order valence-electron chi connectivity index (χ0n) is 8.91. The van der Waals surface area contributed by atoms with Crippen molar-refractivity contribution < 1.29 is 9.53 Å². The number of aldehydes is 1. The van der Waals surface area contributed by atoms with Crippen molar-refractivity contribution in [3.05, 3.63) is 11.2 Å². The fraction of sp³-hybridized carbons (Fsp3) is 0.727. The van der Waals surface area contributed by atoms with Gasteiger partial charge in [0.05, 0.1) is 17.6 Å². The fourth-order valence-electron chi connectivity index (χ4n) is 1.46. The van der Waals surface area contributed by atoms with Crippen molar-refractivity contribution in [3.8, 4) is 0 Å². The van der Waals surface area contributed by atoms with Crippen LogP contribution in [0.4, 0.5) is 0 Å². The predicted octanol–water partition coefficient (Wildman–Crippen LogP) is 3.13. The number of hydrogen-bond acceptors (Lipinski definition) is 3. The van der Waals surface area contributed by atoms with Gasteiger partial charge in [0.1, 0.15) is 6.29 Å². The van der Waals surface area contributed by atoms with Crippen LogP contribution in [-0.2, 0) is 9.53 Å². The number of allylic oxidation sites excluding steroid dienone is 1. The highest BCUT2D eigenvalue weighted by Crippen LogP contribution is 2.39. The fourth-order valence-corrected chi connectivity index (χ4v) is 2.68. The Kier molecular flexibility index (Phi) is 4.52. The van der Waals surface area contributed by atoms with Crippen LogP contribution in [-0.4, -0.2) is 17.6 Å². The van der Waals surface area contributed by atoms with E-state index in [1.807, 2.05) is 6.26 Å². The Labute approximate surface area is 90.1 Å². The summed E-state index contributed by atoms with van der Waals surface area (Å²) in [6.45, 7) is 4.95. The molecule has 80 valence electrons. The molecule has 0 spiro atoms. The van der Waals surface area contributed by atoms with Gasteiger partial charge in [0, 0.05) is 4.91 Å². The third-order valence-electron chi connectivity index (χ3n) is 2.65. The topological polar surface area (TPSA) is 26.3 Å². The van der Waals surface area contributed by atoms with Gasteiger partial charge in [-0.25, -0.2) is 0 Å². The normalized spacial score (nSPS) is 17.1. The number of hydrogen-bond donors (Lipinski definition) is 0. The molecule has 0 aliphatic carbocycles. The highest BCUT2D eigenvalue weighted by molar-refractivity contribution is 8.05. The largest absolute Gasteiger partial charge is 0.500 e. The summed E-state index contributed by atoms with van der Waals surface area (Å²) in [7, 11) is 0. The maximum absolute atomic E-state index is 11.1. The minimum absolute atomic E-state index is 0.230. The van der Waals surface area contributed by atoms with E-state index in [0.29, 0.717) is 0 Å². The molecule has 0 unspecified atom stereocenters. The molecule has 3 heteroatoms. The van der Waals surface area contributed by atoms with Gasteiger partial charge >= 0.3 is 0 Å². The van der Waals surface area contributed by atoms with Crippen molar-refractivity contribution in [1.82, 2.24) is 0 Å². The first-order valence-electron chi connectivity index (χ1n) is 5.22. The van der Waals surface area contributed by atoms with Crippen LogP contribution in [0.2, 0.25) is 0 Å². The van der Waals surface area contributed by atoms with E-state index in [-0.39, 0.29) is 4.75 Å². The van der Waals surface area contributed by atoms with E-state index >= 15 is 0 Å². The molecule has 1 rings (SSSR count). The Morgan fingerprint density at radius 2 is 2.29 bits per heavy atom. The average Bonchev–Trinajstić information content (AvgIpc) is 2.28. The number of carbonyl (C=O) groups is 1. The quantitative estimate of drug-likeness (QED) is 0.658. The summed E-state index contributed by atoms with van der Waals surface area (Å²) in [5, 5.41) is 0. The SMILES string of the molecule is CCC(C=O)(CC)SC1=COCCC1. The zero-order valence-corrected chi connectivity index (χ0v) is 9.73. The Bertz CT molecular complexity index is 219. The molecule has 14 heavy (non-hydrogen) atoms. The van der Waals surface area contributed by atoms with Crippen molar-refractivity contribution in [1.29, 1.82) is 0 Å². The lowest BCUT2D eigenvalue weighted by Gasteiger charge is -2.26. The number of carbonyl (C=O) groups excluding carboxylic acids is 1. The maximum Gasteiger partial charge on any atom is 0.136 e. The van der Waals surface area contributed by atoms with Crippen LogP contribution in [0, 0.1) is 0 Å². The lowest BCUT2D eigenvalue weighted by Crippen LogP contribution is -2.25. The summed E-state index contributed by atoms with van der Waals surface area (Å²) in [5.41, 5.74) is 0. The minimum Gasteiger partial charge on any atom is -0.500 e. The van der Waals surface area contributed by atoms with Crippen LogP contribution >= 0.6 is 11.8 Å².